The number of nitrogens with zero attached hydrogens (tertiary/aromatic N) is 2. The Labute approximate surface area is 200 Å². The quantitative estimate of drug-likeness (QED) is 0.641. The lowest BCUT2D eigenvalue weighted by Gasteiger charge is -2.37. The van der Waals surface area contributed by atoms with E-state index in [9.17, 15) is 12.8 Å². The zero-order chi connectivity index (χ0) is 23.5. The van der Waals surface area contributed by atoms with Crippen molar-refractivity contribution in [3.63, 3.8) is 0 Å². The summed E-state index contributed by atoms with van der Waals surface area (Å²) < 4.78 is 52.2. The molecule has 2 heterocycles. The van der Waals surface area contributed by atoms with E-state index in [1.807, 2.05) is 12.1 Å². The van der Waals surface area contributed by atoms with Crippen LogP contribution in [0.3, 0.4) is 0 Å². The number of para-hydroxylation sites is 1. The Kier molecular flexibility index (Phi) is 6.94. The average Bonchev–Trinajstić information content (AvgIpc) is 3.33. The number of piperazine rings is 1. The van der Waals surface area contributed by atoms with Crippen LogP contribution in [0.4, 0.5) is 10.1 Å². The summed E-state index contributed by atoms with van der Waals surface area (Å²) in [5.41, 5.74) is 1.12. The van der Waals surface area contributed by atoms with E-state index in [0.29, 0.717) is 12.7 Å². The molecule has 184 valence electrons. The predicted molar refractivity (Wildman–Crippen MR) is 128 cm³/mol. The molecule has 2 aromatic rings. The van der Waals surface area contributed by atoms with Crippen molar-refractivity contribution in [1.82, 2.24) is 9.62 Å². The van der Waals surface area contributed by atoms with Crippen molar-refractivity contribution in [2.24, 2.45) is 5.92 Å². The number of halogens is 1. The maximum atomic E-state index is 13.1. The zero-order valence-electron chi connectivity index (χ0n) is 19.3. The maximum absolute atomic E-state index is 13.1. The van der Waals surface area contributed by atoms with Crippen molar-refractivity contribution in [3.8, 4) is 11.5 Å². The minimum atomic E-state index is -3.60. The molecular weight excluding hydrogens is 457 g/mol. The van der Waals surface area contributed by atoms with E-state index < -0.39 is 15.8 Å². The van der Waals surface area contributed by atoms with E-state index in [4.69, 9.17) is 9.47 Å². The lowest BCUT2D eigenvalue weighted by molar-refractivity contribution is 0.173. The summed E-state index contributed by atoms with van der Waals surface area (Å²) in [7, 11) is -3.60. The van der Waals surface area contributed by atoms with Crippen LogP contribution in [-0.4, -0.2) is 58.9 Å². The van der Waals surface area contributed by atoms with E-state index in [1.165, 1.54) is 24.3 Å². The highest BCUT2D eigenvalue weighted by molar-refractivity contribution is 7.89. The van der Waals surface area contributed by atoms with Gasteiger partial charge in [0.1, 0.15) is 5.82 Å². The minimum Gasteiger partial charge on any atom is -0.454 e. The monoisotopic (exact) mass is 489 g/mol. The average molecular weight is 490 g/mol. The molecule has 1 N–H and O–H groups in total. The largest absolute Gasteiger partial charge is 0.454 e. The van der Waals surface area contributed by atoms with Crippen LogP contribution in [0.5, 0.6) is 11.5 Å². The number of hydrogen-bond acceptors (Lipinski definition) is 6. The maximum Gasteiger partial charge on any atom is 0.240 e. The summed E-state index contributed by atoms with van der Waals surface area (Å²) in [6.07, 6.45) is 4.91. The first-order valence-electron chi connectivity index (χ1n) is 12.1. The molecule has 2 aliphatic heterocycles. The lowest BCUT2D eigenvalue weighted by atomic mass is 9.84. The van der Waals surface area contributed by atoms with Gasteiger partial charge in [0.2, 0.25) is 16.8 Å². The van der Waals surface area contributed by atoms with Crippen molar-refractivity contribution in [1.29, 1.82) is 0 Å². The highest BCUT2D eigenvalue weighted by atomic mass is 32.2. The molecule has 34 heavy (non-hydrogen) atoms. The van der Waals surface area contributed by atoms with Gasteiger partial charge in [-0.1, -0.05) is 6.07 Å². The van der Waals surface area contributed by atoms with Gasteiger partial charge in [0, 0.05) is 32.2 Å². The summed E-state index contributed by atoms with van der Waals surface area (Å²) in [4.78, 5) is 5.03. The fourth-order valence-electron chi connectivity index (χ4n) is 5.21. The Morgan fingerprint density at radius 1 is 0.941 bits per heavy atom. The number of sulfonamides is 1. The molecule has 2 fully saturated rings. The van der Waals surface area contributed by atoms with Crippen LogP contribution in [0, 0.1) is 11.7 Å². The van der Waals surface area contributed by atoms with Crippen LogP contribution in [0.25, 0.3) is 0 Å². The zero-order valence-corrected chi connectivity index (χ0v) is 20.1. The summed E-state index contributed by atoms with van der Waals surface area (Å²) in [6.45, 7) is 5.36. The number of hydrogen-bond donors (Lipinski definition) is 1. The Hall–Kier alpha value is -2.36. The number of benzene rings is 2. The first-order chi connectivity index (χ1) is 16.5. The van der Waals surface area contributed by atoms with E-state index in [2.05, 4.69) is 20.6 Å². The Morgan fingerprint density at radius 3 is 2.41 bits per heavy atom. The lowest BCUT2D eigenvalue weighted by Crippen LogP contribution is -2.47. The summed E-state index contributed by atoms with van der Waals surface area (Å²) in [6, 6.07) is 11.0. The normalized spacial score (nSPS) is 23.3. The number of anilines is 1. The molecule has 0 amide bonds. The van der Waals surface area contributed by atoms with Crippen molar-refractivity contribution in [2.45, 2.75) is 43.0 Å². The first kappa shape index (κ1) is 23.4. The minimum absolute atomic E-state index is 0.0475. The molecule has 7 nitrogen and oxygen atoms in total. The van der Waals surface area contributed by atoms with Gasteiger partial charge in [-0.3, -0.25) is 4.90 Å². The number of fused-ring (bicyclic) bond motifs is 1. The summed E-state index contributed by atoms with van der Waals surface area (Å²) in [5, 5.41) is 0. The summed E-state index contributed by atoms with van der Waals surface area (Å²) in [5.74, 6) is 1.89. The Balaban J connectivity index is 1.04. The molecule has 0 atom stereocenters. The van der Waals surface area contributed by atoms with Crippen molar-refractivity contribution < 1.29 is 22.3 Å². The smallest absolute Gasteiger partial charge is 0.240 e. The molecule has 1 saturated carbocycles. The van der Waals surface area contributed by atoms with Gasteiger partial charge in [0.05, 0.1) is 10.6 Å². The second-order valence-corrected chi connectivity index (χ2v) is 11.1. The van der Waals surface area contributed by atoms with Crippen molar-refractivity contribution in [2.75, 3.05) is 44.4 Å². The molecule has 2 aromatic carbocycles. The fourth-order valence-corrected chi connectivity index (χ4v) is 6.52. The van der Waals surface area contributed by atoms with Gasteiger partial charge in [0.15, 0.2) is 11.5 Å². The molecule has 0 aromatic heterocycles. The highest BCUT2D eigenvalue weighted by Crippen LogP contribution is 2.41. The van der Waals surface area contributed by atoms with E-state index in [-0.39, 0.29) is 10.9 Å². The third-order valence-electron chi connectivity index (χ3n) is 7.23. The van der Waals surface area contributed by atoms with E-state index in [1.54, 1.807) is 0 Å². The Morgan fingerprint density at radius 2 is 1.68 bits per heavy atom. The van der Waals surface area contributed by atoms with Gasteiger partial charge >= 0.3 is 0 Å². The third kappa shape index (κ3) is 5.31. The predicted octanol–water partition coefficient (Wildman–Crippen LogP) is 3.60. The number of rotatable bonds is 7. The van der Waals surface area contributed by atoms with Crippen molar-refractivity contribution in [3.05, 3.63) is 48.3 Å². The number of ether oxygens (including phenoxy) is 2. The summed E-state index contributed by atoms with van der Waals surface area (Å²) >= 11 is 0. The first-order valence-corrected chi connectivity index (χ1v) is 13.6. The second kappa shape index (κ2) is 10.1. The molecule has 5 rings (SSSR count). The fraction of sp³-hybridized carbons (Fsp3) is 0.520. The van der Waals surface area contributed by atoms with Crippen LogP contribution in [-0.2, 0) is 10.0 Å². The van der Waals surface area contributed by atoms with Gasteiger partial charge in [-0.15, -0.1) is 0 Å². The van der Waals surface area contributed by atoms with E-state index in [0.717, 1.165) is 82.0 Å². The molecule has 1 saturated heterocycles. The molecular formula is C25H32FN3O4S. The Bertz CT molecular complexity index is 1080. The molecule has 1 aliphatic carbocycles. The second-order valence-electron chi connectivity index (χ2n) is 9.42. The molecule has 9 heteroatoms. The topological polar surface area (TPSA) is 71.1 Å². The molecule has 3 aliphatic rings. The van der Waals surface area contributed by atoms with Gasteiger partial charge in [-0.2, -0.15) is 0 Å². The van der Waals surface area contributed by atoms with Gasteiger partial charge in [0.25, 0.3) is 0 Å². The molecule has 0 unspecified atom stereocenters. The van der Waals surface area contributed by atoms with Crippen LogP contribution < -0.4 is 19.1 Å². The number of nitrogens with one attached hydrogen (secondary N) is 1. The van der Waals surface area contributed by atoms with E-state index >= 15 is 0 Å². The van der Waals surface area contributed by atoms with Crippen molar-refractivity contribution >= 4 is 15.7 Å². The highest BCUT2D eigenvalue weighted by Gasteiger charge is 2.28. The SMILES string of the molecule is O=S(=O)(N[C@H]1CC[C@H](CCN2CCN(c3cccc4c3OCO4)CC2)CC1)c1ccc(F)cc1. The third-order valence-corrected chi connectivity index (χ3v) is 8.77. The van der Waals surface area contributed by atoms with Gasteiger partial charge < -0.3 is 14.4 Å². The van der Waals surface area contributed by atoms with Crippen LogP contribution in [0.1, 0.15) is 32.1 Å². The molecule has 0 spiro atoms. The van der Waals surface area contributed by atoms with Gasteiger partial charge in [-0.05, 0) is 81.0 Å². The molecule has 0 bridgehead atoms. The van der Waals surface area contributed by atoms with Crippen LogP contribution in [0.2, 0.25) is 0 Å². The van der Waals surface area contributed by atoms with Gasteiger partial charge in [-0.25, -0.2) is 17.5 Å². The standard InChI is InChI=1S/C25H32FN3O4S/c26-20-6-10-22(11-7-20)34(30,31)27-21-8-4-19(5-9-21)12-13-28-14-16-29(17-15-28)23-2-1-3-24-25(23)33-18-32-24/h1-3,6-7,10-11,19,21,27H,4-5,8-9,12-18H2/t19-,21-. The molecule has 0 radical (unpaired) electrons. The van der Waals surface area contributed by atoms with Crippen LogP contribution >= 0.6 is 0 Å². The van der Waals surface area contributed by atoms with Crippen LogP contribution in [0.15, 0.2) is 47.4 Å².